The van der Waals surface area contributed by atoms with E-state index in [0.717, 1.165) is 24.2 Å². The molecule has 24 heavy (non-hydrogen) atoms. The van der Waals surface area contributed by atoms with Gasteiger partial charge < -0.3 is 4.90 Å². The van der Waals surface area contributed by atoms with Gasteiger partial charge in [-0.15, -0.1) is 0 Å². The topological polar surface area (TPSA) is 66.5 Å². The van der Waals surface area contributed by atoms with Gasteiger partial charge in [-0.3, -0.25) is 4.79 Å². The second-order valence-electron chi connectivity index (χ2n) is 5.52. The van der Waals surface area contributed by atoms with Gasteiger partial charge in [0.1, 0.15) is 0 Å². The average Bonchev–Trinajstić information content (AvgIpc) is 2.87. The van der Waals surface area contributed by atoms with E-state index in [1.807, 2.05) is 16.7 Å². The van der Waals surface area contributed by atoms with Crippen molar-refractivity contribution in [3.63, 3.8) is 0 Å². The maximum absolute atomic E-state index is 12.5. The van der Waals surface area contributed by atoms with Gasteiger partial charge in [-0.1, -0.05) is 29.3 Å². The largest absolute Gasteiger partial charge is 0.374 e. The fraction of sp³-hybridized carbons (Fsp3) is 0.188. The number of hydrogen-bond acceptors (Lipinski definition) is 4. The summed E-state index contributed by atoms with van der Waals surface area (Å²) in [6.45, 7) is 0.839. The predicted molar refractivity (Wildman–Crippen MR) is 94.5 cm³/mol. The van der Waals surface area contributed by atoms with Gasteiger partial charge in [0.05, 0.1) is 15.5 Å². The van der Waals surface area contributed by atoms with Gasteiger partial charge in [0.15, 0.2) is 0 Å². The molecule has 1 aliphatic rings. The molecule has 0 bridgehead atoms. The fourth-order valence-electron chi connectivity index (χ4n) is 2.60. The summed E-state index contributed by atoms with van der Waals surface area (Å²) in [5.41, 5.74) is 1.99. The van der Waals surface area contributed by atoms with Gasteiger partial charge in [-0.25, -0.2) is 13.1 Å². The summed E-state index contributed by atoms with van der Waals surface area (Å²) >= 11 is 11.7. The molecule has 1 aliphatic heterocycles. The van der Waals surface area contributed by atoms with E-state index in [2.05, 4.69) is 0 Å². The van der Waals surface area contributed by atoms with Crippen LogP contribution in [0.25, 0.3) is 0 Å². The Kier molecular flexibility index (Phi) is 4.46. The van der Waals surface area contributed by atoms with Crippen LogP contribution in [0.5, 0.6) is 0 Å². The lowest BCUT2D eigenvalue weighted by atomic mass is 10.2. The predicted octanol–water partition coefficient (Wildman–Crippen LogP) is 3.10. The number of carbonyl (C=O) groups is 1. The second-order valence-corrected chi connectivity index (χ2v) is 8.05. The van der Waals surface area contributed by atoms with Crippen molar-refractivity contribution in [2.75, 3.05) is 18.5 Å². The van der Waals surface area contributed by atoms with Crippen LogP contribution in [0.1, 0.15) is 15.9 Å². The number of likely N-dealkylation sites (N-methyl/N-ethyl adjacent to an activating group) is 1. The normalized spacial score (nSPS) is 13.7. The first kappa shape index (κ1) is 17.1. The maximum atomic E-state index is 12.5. The van der Waals surface area contributed by atoms with Crippen molar-refractivity contribution in [3.05, 3.63) is 57.6 Å². The monoisotopic (exact) mass is 384 g/mol. The van der Waals surface area contributed by atoms with E-state index in [1.54, 1.807) is 12.1 Å². The quantitative estimate of drug-likeness (QED) is 0.882. The SMILES string of the molecule is CN1CCc2ccc(S(=O)(=O)NC(=O)c3ccc(Cl)cc3Cl)cc21. The molecule has 3 rings (SSSR count). The molecule has 0 saturated carbocycles. The molecular formula is C16H14Cl2N2O3S. The van der Waals surface area contributed by atoms with Gasteiger partial charge in [0.2, 0.25) is 0 Å². The number of fused-ring (bicyclic) bond motifs is 1. The molecule has 5 nitrogen and oxygen atoms in total. The molecule has 0 fully saturated rings. The first-order valence-corrected chi connectivity index (χ1v) is 9.38. The molecule has 0 radical (unpaired) electrons. The standard InChI is InChI=1S/C16H14Cl2N2O3S/c1-20-7-6-10-2-4-12(9-15(10)20)24(22,23)19-16(21)13-5-3-11(17)8-14(13)18/h2-5,8-9H,6-7H2,1H3,(H,19,21). The van der Waals surface area contributed by atoms with Crippen molar-refractivity contribution in [1.82, 2.24) is 4.72 Å². The van der Waals surface area contributed by atoms with E-state index in [9.17, 15) is 13.2 Å². The molecule has 8 heteroatoms. The minimum absolute atomic E-state index is 0.0356. The zero-order valence-electron chi connectivity index (χ0n) is 12.7. The van der Waals surface area contributed by atoms with E-state index in [1.165, 1.54) is 24.3 Å². The number of amides is 1. The van der Waals surface area contributed by atoms with E-state index >= 15 is 0 Å². The summed E-state index contributed by atoms with van der Waals surface area (Å²) in [5, 5.41) is 0.449. The van der Waals surface area contributed by atoms with Crippen LogP contribution >= 0.6 is 23.2 Å². The third-order valence-electron chi connectivity index (χ3n) is 3.90. The van der Waals surface area contributed by atoms with E-state index < -0.39 is 15.9 Å². The van der Waals surface area contributed by atoms with E-state index in [0.29, 0.717) is 5.02 Å². The number of hydrogen-bond donors (Lipinski definition) is 1. The Labute approximate surface area is 150 Å². The first-order chi connectivity index (χ1) is 11.3. The summed E-state index contributed by atoms with van der Waals surface area (Å²) in [6, 6.07) is 9.08. The summed E-state index contributed by atoms with van der Waals surface area (Å²) < 4.78 is 27.0. The van der Waals surface area contributed by atoms with Crippen LogP contribution in [0.15, 0.2) is 41.3 Å². The van der Waals surface area contributed by atoms with Crippen molar-refractivity contribution in [2.24, 2.45) is 0 Å². The van der Waals surface area contributed by atoms with Gasteiger partial charge >= 0.3 is 0 Å². The lowest BCUT2D eigenvalue weighted by Crippen LogP contribution is -2.30. The van der Waals surface area contributed by atoms with Crippen LogP contribution in [0.4, 0.5) is 5.69 Å². The molecule has 1 amide bonds. The lowest BCUT2D eigenvalue weighted by Gasteiger charge is -2.14. The summed E-state index contributed by atoms with van der Waals surface area (Å²) in [6.07, 6.45) is 0.874. The van der Waals surface area contributed by atoms with Crippen molar-refractivity contribution < 1.29 is 13.2 Å². The molecule has 0 saturated heterocycles. The zero-order valence-corrected chi connectivity index (χ0v) is 15.0. The minimum atomic E-state index is -4.00. The number of anilines is 1. The molecule has 0 aliphatic carbocycles. The number of nitrogens with zero attached hydrogens (tertiary/aromatic N) is 1. The highest BCUT2D eigenvalue weighted by molar-refractivity contribution is 7.90. The Morgan fingerprint density at radius 2 is 1.92 bits per heavy atom. The number of nitrogens with one attached hydrogen (secondary N) is 1. The minimum Gasteiger partial charge on any atom is -0.374 e. The Hall–Kier alpha value is -1.76. The van der Waals surface area contributed by atoms with Gasteiger partial charge in [-0.2, -0.15) is 0 Å². The molecule has 2 aromatic carbocycles. The number of rotatable bonds is 3. The van der Waals surface area contributed by atoms with Crippen LogP contribution < -0.4 is 9.62 Å². The van der Waals surface area contributed by atoms with Crippen LogP contribution in [0.2, 0.25) is 10.0 Å². The van der Waals surface area contributed by atoms with Crippen molar-refractivity contribution >= 4 is 44.8 Å². The van der Waals surface area contributed by atoms with Crippen molar-refractivity contribution in [1.29, 1.82) is 0 Å². The Morgan fingerprint density at radius 1 is 1.17 bits per heavy atom. The van der Waals surface area contributed by atoms with Crippen molar-refractivity contribution in [3.8, 4) is 0 Å². The maximum Gasteiger partial charge on any atom is 0.266 e. The number of halogens is 2. The molecule has 1 N–H and O–H groups in total. The smallest absolute Gasteiger partial charge is 0.266 e. The Bertz CT molecular complexity index is 929. The Balaban J connectivity index is 1.89. The fourth-order valence-corrected chi connectivity index (χ4v) is 4.08. The number of carbonyl (C=O) groups excluding carboxylic acids is 1. The van der Waals surface area contributed by atoms with E-state index in [-0.39, 0.29) is 15.5 Å². The molecule has 0 spiro atoms. The summed E-state index contributed by atoms with van der Waals surface area (Å²) in [5.74, 6) is -0.800. The Morgan fingerprint density at radius 3 is 2.62 bits per heavy atom. The first-order valence-electron chi connectivity index (χ1n) is 7.14. The van der Waals surface area contributed by atoms with Crippen LogP contribution in [-0.2, 0) is 16.4 Å². The van der Waals surface area contributed by atoms with Crippen LogP contribution in [0, 0.1) is 0 Å². The third kappa shape index (κ3) is 3.22. The lowest BCUT2D eigenvalue weighted by molar-refractivity contribution is 0.0981. The molecule has 0 unspecified atom stereocenters. The molecule has 1 heterocycles. The highest BCUT2D eigenvalue weighted by Gasteiger charge is 2.23. The highest BCUT2D eigenvalue weighted by atomic mass is 35.5. The highest BCUT2D eigenvalue weighted by Crippen LogP contribution is 2.29. The zero-order chi connectivity index (χ0) is 17.5. The number of benzene rings is 2. The van der Waals surface area contributed by atoms with Crippen LogP contribution in [0.3, 0.4) is 0 Å². The van der Waals surface area contributed by atoms with Gasteiger partial charge in [0.25, 0.3) is 15.9 Å². The number of sulfonamides is 1. The van der Waals surface area contributed by atoms with E-state index in [4.69, 9.17) is 23.2 Å². The average molecular weight is 385 g/mol. The van der Waals surface area contributed by atoms with Gasteiger partial charge in [0, 0.05) is 24.3 Å². The molecule has 2 aromatic rings. The molecular weight excluding hydrogens is 371 g/mol. The molecule has 126 valence electrons. The third-order valence-corrected chi connectivity index (χ3v) is 5.77. The summed E-state index contributed by atoms with van der Waals surface area (Å²) in [7, 11) is -2.10. The molecule has 0 aromatic heterocycles. The molecule has 0 atom stereocenters. The second kappa shape index (κ2) is 6.27. The van der Waals surface area contributed by atoms with Gasteiger partial charge in [-0.05, 0) is 42.3 Å². The van der Waals surface area contributed by atoms with Crippen molar-refractivity contribution in [2.45, 2.75) is 11.3 Å². The summed E-state index contributed by atoms with van der Waals surface area (Å²) in [4.78, 5) is 14.2. The van der Waals surface area contributed by atoms with Crippen LogP contribution in [-0.4, -0.2) is 27.9 Å².